The standard InChI is InChI=1S/C11H17N3OS/c1-6-4-8(6)13-9-5-7(12)10(16-9)11(15)14(2)3/h5-6,8,13H,4,12H2,1-3H3. The summed E-state index contributed by atoms with van der Waals surface area (Å²) in [7, 11) is 3.47. The molecule has 3 N–H and O–H groups in total. The van der Waals surface area contributed by atoms with E-state index in [1.165, 1.54) is 17.8 Å². The number of hydrogen-bond donors (Lipinski definition) is 2. The van der Waals surface area contributed by atoms with Gasteiger partial charge in [0.1, 0.15) is 4.88 Å². The van der Waals surface area contributed by atoms with Gasteiger partial charge in [-0.05, 0) is 18.4 Å². The lowest BCUT2D eigenvalue weighted by Crippen LogP contribution is -2.21. The van der Waals surface area contributed by atoms with Gasteiger partial charge in [0.05, 0.1) is 10.7 Å². The van der Waals surface area contributed by atoms with E-state index in [4.69, 9.17) is 5.73 Å². The van der Waals surface area contributed by atoms with Crippen molar-refractivity contribution in [2.75, 3.05) is 25.1 Å². The molecule has 0 bridgehead atoms. The number of nitrogen functional groups attached to an aromatic ring is 1. The third-order valence-corrected chi connectivity index (χ3v) is 3.87. The zero-order valence-electron chi connectivity index (χ0n) is 9.78. The van der Waals surface area contributed by atoms with Crippen LogP contribution in [-0.4, -0.2) is 30.9 Å². The second kappa shape index (κ2) is 3.97. The molecule has 1 amide bonds. The highest BCUT2D eigenvalue weighted by molar-refractivity contribution is 7.18. The molecule has 1 aromatic rings. The van der Waals surface area contributed by atoms with Gasteiger partial charge in [-0.25, -0.2) is 0 Å². The zero-order valence-corrected chi connectivity index (χ0v) is 10.6. The third-order valence-electron chi connectivity index (χ3n) is 2.80. The highest BCUT2D eigenvalue weighted by atomic mass is 32.1. The maximum atomic E-state index is 11.8. The van der Waals surface area contributed by atoms with Crippen LogP contribution >= 0.6 is 11.3 Å². The fraction of sp³-hybridized carbons (Fsp3) is 0.545. The predicted octanol–water partition coefficient (Wildman–Crippen LogP) is 1.85. The number of rotatable bonds is 3. The molecule has 0 radical (unpaired) electrons. The Hall–Kier alpha value is -1.23. The molecule has 2 atom stereocenters. The molecule has 1 aliphatic carbocycles. The largest absolute Gasteiger partial charge is 0.397 e. The van der Waals surface area contributed by atoms with Gasteiger partial charge in [-0.2, -0.15) is 0 Å². The second-order valence-electron chi connectivity index (χ2n) is 4.56. The van der Waals surface area contributed by atoms with Crippen LogP contribution in [0.25, 0.3) is 0 Å². The molecule has 5 heteroatoms. The number of nitrogens with zero attached hydrogens (tertiary/aromatic N) is 1. The number of hydrogen-bond acceptors (Lipinski definition) is 4. The molecule has 1 saturated carbocycles. The molecule has 0 aliphatic heterocycles. The first-order chi connectivity index (χ1) is 7.49. The summed E-state index contributed by atoms with van der Waals surface area (Å²) in [5, 5.41) is 4.39. The third kappa shape index (κ3) is 2.14. The first-order valence-corrected chi connectivity index (χ1v) is 6.18. The van der Waals surface area contributed by atoms with E-state index >= 15 is 0 Å². The molecule has 2 unspecified atom stereocenters. The summed E-state index contributed by atoms with van der Waals surface area (Å²) in [5.41, 5.74) is 6.40. The van der Waals surface area contributed by atoms with Crippen LogP contribution in [0.5, 0.6) is 0 Å². The molecule has 88 valence electrons. The number of thiophene rings is 1. The summed E-state index contributed by atoms with van der Waals surface area (Å²) >= 11 is 1.44. The van der Waals surface area contributed by atoms with Crippen molar-refractivity contribution >= 4 is 27.9 Å². The number of nitrogens with one attached hydrogen (secondary N) is 1. The van der Waals surface area contributed by atoms with E-state index in [9.17, 15) is 4.79 Å². The van der Waals surface area contributed by atoms with Gasteiger partial charge in [0.2, 0.25) is 0 Å². The van der Waals surface area contributed by atoms with Gasteiger partial charge in [-0.3, -0.25) is 4.79 Å². The van der Waals surface area contributed by atoms with E-state index in [0.29, 0.717) is 16.6 Å². The minimum Gasteiger partial charge on any atom is -0.397 e. The van der Waals surface area contributed by atoms with Gasteiger partial charge in [-0.15, -0.1) is 11.3 Å². The van der Waals surface area contributed by atoms with Crippen molar-refractivity contribution in [3.63, 3.8) is 0 Å². The van der Waals surface area contributed by atoms with E-state index in [1.807, 2.05) is 6.07 Å². The average Bonchev–Trinajstić information content (AvgIpc) is 2.74. The van der Waals surface area contributed by atoms with Crippen molar-refractivity contribution in [3.05, 3.63) is 10.9 Å². The van der Waals surface area contributed by atoms with Gasteiger partial charge in [0.15, 0.2) is 0 Å². The first-order valence-electron chi connectivity index (χ1n) is 5.36. The van der Waals surface area contributed by atoms with Gasteiger partial charge >= 0.3 is 0 Å². The first kappa shape index (κ1) is 11.3. The molecular formula is C11H17N3OS. The van der Waals surface area contributed by atoms with Crippen LogP contribution in [0.15, 0.2) is 6.07 Å². The summed E-state index contributed by atoms with van der Waals surface area (Å²) in [6.45, 7) is 2.21. The fourth-order valence-electron chi connectivity index (χ4n) is 1.55. The van der Waals surface area contributed by atoms with E-state index in [1.54, 1.807) is 19.0 Å². The highest BCUT2D eigenvalue weighted by Crippen LogP contribution is 2.37. The summed E-state index contributed by atoms with van der Waals surface area (Å²) < 4.78 is 0. The molecule has 2 rings (SSSR count). The molecule has 1 heterocycles. The highest BCUT2D eigenvalue weighted by Gasteiger charge is 2.33. The Morgan fingerprint density at radius 1 is 1.62 bits per heavy atom. The van der Waals surface area contributed by atoms with E-state index in [2.05, 4.69) is 12.2 Å². The number of carbonyl (C=O) groups excluding carboxylic acids is 1. The zero-order chi connectivity index (χ0) is 11.9. The Labute approximate surface area is 99.4 Å². The molecule has 0 spiro atoms. The fourth-order valence-corrected chi connectivity index (χ4v) is 2.62. The van der Waals surface area contributed by atoms with Crippen LogP contribution in [-0.2, 0) is 0 Å². The smallest absolute Gasteiger partial charge is 0.265 e. The summed E-state index contributed by atoms with van der Waals surface area (Å²) in [4.78, 5) is 13.9. The van der Waals surface area contributed by atoms with Crippen LogP contribution in [0.3, 0.4) is 0 Å². The van der Waals surface area contributed by atoms with E-state index in [0.717, 1.165) is 10.9 Å². The molecule has 1 fully saturated rings. The van der Waals surface area contributed by atoms with Crippen LogP contribution < -0.4 is 11.1 Å². The Balaban J connectivity index is 2.12. The summed E-state index contributed by atoms with van der Waals surface area (Å²) in [6, 6.07) is 2.41. The molecule has 0 saturated heterocycles. The molecule has 0 aromatic carbocycles. The maximum absolute atomic E-state index is 11.8. The van der Waals surface area contributed by atoms with Crippen molar-refractivity contribution in [1.29, 1.82) is 0 Å². The van der Waals surface area contributed by atoms with Crippen molar-refractivity contribution in [2.24, 2.45) is 5.92 Å². The van der Waals surface area contributed by atoms with Gasteiger partial charge in [0.25, 0.3) is 5.91 Å². The molecule has 1 aromatic heterocycles. The minimum atomic E-state index is -0.0283. The van der Waals surface area contributed by atoms with Crippen LogP contribution in [0.4, 0.5) is 10.7 Å². The number of anilines is 2. The summed E-state index contributed by atoms with van der Waals surface area (Å²) in [5.74, 6) is 0.704. The number of amides is 1. The van der Waals surface area contributed by atoms with Crippen LogP contribution in [0.1, 0.15) is 23.0 Å². The van der Waals surface area contributed by atoms with Gasteiger partial charge < -0.3 is 16.0 Å². The van der Waals surface area contributed by atoms with Gasteiger partial charge in [0, 0.05) is 20.1 Å². The Kier molecular flexibility index (Phi) is 2.80. The predicted molar refractivity (Wildman–Crippen MR) is 67.9 cm³/mol. The Morgan fingerprint density at radius 3 is 2.75 bits per heavy atom. The van der Waals surface area contributed by atoms with E-state index < -0.39 is 0 Å². The monoisotopic (exact) mass is 239 g/mol. The van der Waals surface area contributed by atoms with Crippen molar-refractivity contribution in [1.82, 2.24) is 4.90 Å². The number of nitrogens with two attached hydrogens (primary N) is 1. The molecule has 1 aliphatic rings. The lowest BCUT2D eigenvalue weighted by molar-refractivity contribution is 0.0833. The van der Waals surface area contributed by atoms with Crippen molar-refractivity contribution < 1.29 is 4.79 Å². The SMILES string of the molecule is CC1CC1Nc1cc(N)c(C(=O)N(C)C)s1. The second-order valence-corrected chi connectivity index (χ2v) is 5.61. The Morgan fingerprint density at radius 2 is 2.25 bits per heavy atom. The van der Waals surface area contributed by atoms with E-state index in [-0.39, 0.29) is 5.91 Å². The van der Waals surface area contributed by atoms with Crippen molar-refractivity contribution in [2.45, 2.75) is 19.4 Å². The molecular weight excluding hydrogens is 222 g/mol. The quantitative estimate of drug-likeness (QED) is 0.846. The Bertz CT molecular complexity index is 413. The van der Waals surface area contributed by atoms with Crippen LogP contribution in [0.2, 0.25) is 0 Å². The molecule has 4 nitrogen and oxygen atoms in total. The van der Waals surface area contributed by atoms with Crippen molar-refractivity contribution in [3.8, 4) is 0 Å². The topological polar surface area (TPSA) is 58.4 Å². The average molecular weight is 239 g/mol. The number of carbonyl (C=O) groups is 1. The normalized spacial score (nSPS) is 22.9. The maximum Gasteiger partial charge on any atom is 0.265 e. The van der Waals surface area contributed by atoms with Crippen LogP contribution in [0, 0.1) is 5.92 Å². The summed E-state index contributed by atoms with van der Waals surface area (Å²) in [6.07, 6.45) is 1.20. The lowest BCUT2D eigenvalue weighted by atomic mass is 10.3. The van der Waals surface area contributed by atoms with Gasteiger partial charge in [-0.1, -0.05) is 6.92 Å². The lowest BCUT2D eigenvalue weighted by Gasteiger charge is -2.08. The minimum absolute atomic E-state index is 0.0283. The molecule has 16 heavy (non-hydrogen) atoms.